The van der Waals surface area contributed by atoms with Crippen molar-refractivity contribution in [3.63, 3.8) is 0 Å². The van der Waals surface area contributed by atoms with E-state index < -0.39 is 0 Å². The number of likely N-dealkylation sites (N-methyl/N-ethyl adjacent to an activating group) is 1. The Bertz CT molecular complexity index is 567. The molecular weight excluding hydrogens is 266 g/mol. The third-order valence-corrected chi connectivity index (χ3v) is 3.92. The summed E-state index contributed by atoms with van der Waals surface area (Å²) in [5.74, 6) is 0.0351. The third-order valence-electron chi connectivity index (χ3n) is 3.92. The van der Waals surface area contributed by atoms with Gasteiger partial charge in [-0.25, -0.2) is 0 Å². The predicted molar refractivity (Wildman–Crippen MR) is 82.7 cm³/mol. The number of allylic oxidation sites excluding steroid dienone is 1. The number of rotatable bonds is 5. The van der Waals surface area contributed by atoms with E-state index in [-0.39, 0.29) is 5.91 Å². The molecule has 0 unspecified atom stereocenters. The second kappa shape index (κ2) is 6.74. The summed E-state index contributed by atoms with van der Waals surface area (Å²) in [4.78, 5) is 14.5. The zero-order valence-corrected chi connectivity index (χ0v) is 12.9. The Morgan fingerprint density at radius 1 is 1.48 bits per heavy atom. The number of carbonyl (C=O) groups excluding carboxylic acids is 1. The lowest BCUT2D eigenvalue weighted by molar-refractivity contribution is 0.0787. The summed E-state index contributed by atoms with van der Waals surface area (Å²) in [5.41, 5.74) is 10.3. The first kappa shape index (κ1) is 15.5. The van der Waals surface area contributed by atoms with E-state index in [0.29, 0.717) is 19.7 Å². The minimum absolute atomic E-state index is 0.0351. The van der Waals surface area contributed by atoms with Crippen LogP contribution in [0.1, 0.15) is 28.4 Å². The molecule has 5 heteroatoms. The topological polar surface area (TPSA) is 67.6 Å². The molecule has 1 amide bonds. The van der Waals surface area contributed by atoms with Crippen LogP contribution in [-0.4, -0.2) is 38.1 Å². The Hall–Kier alpha value is -1.85. The molecule has 0 radical (unpaired) electrons. The number of hydrogen-bond acceptors (Lipinski definition) is 4. The molecule has 1 aromatic rings. The summed E-state index contributed by atoms with van der Waals surface area (Å²) in [5, 5.41) is 3.11. The number of nitrogens with one attached hydrogen (secondary N) is 1. The molecule has 0 aliphatic carbocycles. The van der Waals surface area contributed by atoms with Gasteiger partial charge in [-0.1, -0.05) is 12.1 Å². The molecule has 5 nitrogen and oxygen atoms in total. The fraction of sp³-hybridized carbons (Fsp3) is 0.438. The summed E-state index contributed by atoms with van der Waals surface area (Å²) in [7, 11) is 3.48. The molecule has 1 aliphatic heterocycles. The van der Waals surface area contributed by atoms with Crippen LogP contribution in [0.3, 0.4) is 0 Å². The van der Waals surface area contributed by atoms with Crippen molar-refractivity contribution in [3.05, 3.63) is 46.3 Å². The van der Waals surface area contributed by atoms with Crippen molar-refractivity contribution in [2.24, 2.45) is 5.73 Å². The Morgan fingerprint density at radius 2 is 2.24 bits per heavy atom. The monoisotopic (exact) mass is 289 g/mol. The van der Waals surface area contributed by atoms with Gasteiger partial charge in [-0.15, -0.1) is 0 Å². The van der Waals surface area contributed by atoms with Crippen molar-refractivity contribution in [1.82, 2.24) is 10.2 Å². The Kier molecular flexibility index (Phi) is 4.98. The summed E-state index contributed by atoms with van der Waals surface area (Å²) in [6, 6.07) is 5.92. The van der Waals surface area contributed by atoms with Crippen LogP contribution in [0.25, 0.3) is 0 Å². The third kappa shape index (κ3) is 3.09. The van der Waals surface area contributed by atoms with Gasteiger partial charge in [0, 0.05) is 38.5 Å². The SMILES string of the molecule is CN/C(COC)=C(/C)N1CCc2ccc(CN)cc2C1=O. The lowest BCUT2D eigenvalue weighted by Gasteiger charge is -2.31. The Labute approximate surface area is 125 Å². The highest BCUT2D eigenvalue weighted by Crippen LogP contribution is 2.24. The van der Waals surface area contributed by atoms with Crippen LogP contribution in [0, 0.1) is 0 Å². The maximum atomic E-state index is 12.7. The number of carbonyl (C=O) groups is 1. The van der Waals surface area contributed by atoms with Gasteiger partial charge in [0.05, 0.1) is 12.3 Å². The summed E-state index contributed by atoms with van der Waals surface area (Å²) < 4.78 is 5.17. The van der Waals surface area contributed by atoms with Gasteiger partial charge in [0.2, 0.25) is 0 Å². The number of methoxy groups -OCH3 is 1. The first-order valence-electron chi connectivity index (χ1n) is 7.12. The molecule has 114 valence electrons. The van der Waals surface area contributed by atoms with Gasteiger partial charge in [-0.05, 0) is 30.5 Å². The van der Waals surface area contributed by atoms with Crippen molar-refractivity contribution < 1.29 is 9.53 Å². The van der Waals surface area contributed by atoms with E-state index in [1.165, 1.54) is 0 Å². The van der Waals surface area contributed by atoms with E-state index in [9.17, 15) is 4.79 Å². The number of nitrogens with two attached hydrogens (primary N) is 1. The molecule has 0 saturated heterocycles. The van der Waals surface area contributed by atoms with Crippen molar-refractivity contribution in [2.45, 2.75) is 19.9 Å². The largest absolute Gasteiger partial charge is 0.388 e. The fourth-order valence-electron chi connectivity index (χ4n) is 2.63. The van der Waals surface area contributed by atoms with Crippen LogP contribution < -0.4 is 11.1 Å². The van der Waals surface area contributed by atoms with Crippen molar-refractivity contribution in [2.75, 3.05) is 27.3 Å². The summed E-state index contributed by atoms with van der Waals surface area (Å²) in [6.07, 6.45) is 0.854. The molecule has 1 aromatic carbocycles. The highest BCUT2D eigenvalue weighted by molar-refractivity contribution is 5.98. The van der Waals surface area contributed by atoms with Crippen LogP contribution in [0.2, 0.25) is 0 Å². The number of amides is 1. The van der Waals surface area contributed by atoms with E-state index in [4.69, 9.17) is 10.5 Å². The number of benzene rings is 1. The zero-order chi connectivity index (χ0) is 15.4. The molecule has 0 atom stereocenters. The second-order valence-electron chi connectivity index (χ2n) is 5.15. The van der Waals surface area contributed by atoms with Crippen LogP contribution in [-0.2, 0) is 17.7 Å². The quantitative estimate of drug-likeness (QED) is 0.856. The molecule has 0 spiro atoms. The summed E-state index contributed by atoms with van der Waals surface area (Å²) >= 11 is 0. The van der Waals surface area contributed by atoms with Gasteiger partial charge in [-0.2, -0.15) is 0 Å². The number of ether oxygens (including phenoxy) is 1. The van der Waals surface area contributed by atoms with Crippen LogP contribution in [0.5, 0.6) is 0 Å². The fourth-order valence-corrected chi connectivity index (χ4v) is 2.63. The minimum atomic E-state index is 0.0351. The standard InChI is InChI=1S/C16H23N3O2/c1-11(15(18-2)10-21-3)19-7-6-13-5-4-12(9-17)8-14(13)16(19)20/h4-5,8,18H,6-7,9-10,17H2,1-3H3/b15-11-. The molecule has 3 N–H and O–H groups in total. The second-order valence-corrected chi connectivity index (χ2v) is 5.15. The lowest BCUT2D eigenvalue weighted by Crippen LogP contribution is -2.38. The molecule has 21 heavy (non-hydrogen) atoms. The maximum Gasteiger partial charge on any atom is 0.258 e. The first-order valence-corrected chi connectivity index (χ1v) is 7.12. The average Bonchev–Trinajstić information content (AvgIpc) is 2.52. The predicted octanol–water partition coefficient (Wildman–Crippen LogP) is 1.24. The van der Waals surface area contributed by atoms with E-state index >= 15 is 0 Å². The van der Waals surface area contributed by atoms with Gasteiger partial charge in [0.25, 0.3) is 5.91 Å². The van der Waals surface area contributed by atoms with Gasteiger partial charge >= 0.3 is 0 Å². The smallest absolute Gasteiger partial charge is 0.258 e. The highest BCUT2D eigenvalue weighted by atomic mass is 16.5. The lowest BCUT2D eigenvalue weighted by atomic mass is 9.96. The molecule has 1 heterocycles. The molecular formula is C16H23N3O2. The molecule has 1 aliphatic rings. The molecule has 0 aromatic heterocycles. The molecule has 2 rings (SSSR count). The number of hydrogen-bond donors (Lipinski definition) is 2. The van der Waals surface area contributed by atoms with Crippen molar-refractivity contribution in [3.8, 4) is 0 Å². The first-order chi connectivity index (χ1) is 10.1. The van der Waals surface area contributed by atoms with Gasteiger partial charge in [-0.3, -0.25) is 4.79 Å². The maximum absolute atomic E-state index is 12.7. The Balaban J connectivity index is 2.35. The number of nitrogens with zero attached hydrogens (tertiary/aromatic N) is 1. The van der Waals surface area contributed by atoms with Crippen LogP contribution >= 0.6 is 0 Å². The molecule has 0 fully saturated rings. The van der Waals surface area contributed by atoms with Crippen LogP contribution in [0.15, 0.2) is 29.6 Å². The van der Waals surface area contributed by atoms with E-state index in [1.807, 2.05) is 37.1 Å². The summed E-state index contributed by atoms with van der Waals surface area (Å²) in [6.45, 7) is 3.54. The number of fused-ring (bicyclic) bond motifs is 1. The minimum Gasteiger partial charge on any atom is -0.388 e. The van der Waals surface area contributed by atoms with Gasteiger partial charge in [0.1, 0.15) is 0 Å². The average molecular weight is 289 g/mol. The van der Waals surface area contributed by atoms with Gasteiger partial charge < -0.3 is 20.7 Å². The normalized spacial score (nSPS) is 15.6. The molecule has 0 bridgehead atoms. The van der Waals surface area contributed by atoms with E-state index in [2.05, 4.69) is 5.32 Å². The van der Waals surface area contributed by atoms with Gasteiger partial charge in [0.15, 0.2) is 0 Å². The molecule has 0 saturated carbocycles. The van der Waals surface area contributed by atoms with Crippen LogP contribution in [0.4, 0.5) is 0 Å². The zero-order valence-electron chi connectivity index (χ0n) is 12.9. The van der Waals surface area contributed by atoms with E-state index in [1.54, 1.807) is 7.11 Å². The highest BCUT2D eigenvalue weighted by Gasteiger charge is 2.26. The van der Waals surface area contributed by atoms with Crippen molar-refractivity contribution >= 4 is 5.91 Å². The van der Waals surface area contributed by atoms with E-state index in [0.717, 1.165) is 34.5 Å². The Morgan fingerprint density at radius 3 is 2.86 bits per heavy atom. The van der Waals surface area contributed by atoms with Crippen molar-refractivity contribution in [1.29, 1.82) is 0 Å².